The molecule has 1 rings (SSSR count). The lowest BCUT2D eigenvalue weighted by atomic mass is 10.1. The number of ketones is 1. The number of ether oxygens (including phenoxy) is 1. The molecule has 5 nitrogen and oxygen atoms in total. The summed E-state index contributed by atoms with van der Waals surface area (Å²) >= 11 is 0. The minimum absolute atomic E-state index is 0.0303. The van der Waals surface area contributed by atoms with Gasteiger partial charge in [-0.3, -0.25) is 9.59 Å². The number of carbonyl (C=O) groups excluding carboxylic acids is 2. The molecule has 0 aliphatic carbocycles. The topological polar surface area (TPSA) is 67.4 Å². The Kier molecular flexibility index (Phi) is 6.73. The highest BCUT2D eigenvalue weighted by Gasteiger charge is 2.06. The maximum atomic E-state index is 11.5. The van der Waals surface area contributed by atoms with Crippen molar-refractivity contribution in [2.24, 2.45) is 0 Å². The maximum absolute atomic E-state index is 11.5. The van der Waals surface area contributed by atoms with Gasteiger partial charge in [-0.05, 0) is 38.2 Å². The monoisotopic (exact) mass is 278 g/mol. The Morgan fingerprint density at radius 1 is 1.25 bits per heavy atom. The van der Waals surface area contributed by atoms with Crippen LogP contribution in [0.5, 0.6) is 5.75 Å². The average molecular weight is 278 g/mol. The van der Waals surface area contributed by atoms with Crippen LogP contribution in [0.3, 0.4) is 0 Å². The highest BCUT2D eigenvalue weighted by atomic mass is 16.5. The molecule has 2 N–H and O–H groups in total. The van der Waals surface area contributed by atoms with E-state index in [1.165, 1.54) is 0 Å². The number of rotatable bonds is 8. The van der Waals surface area contributed by atoms with Gasteiger partial charge in [0.25, 0.3) is 5.91 Å². The van der Waals surface area contributed by atoms with Crippen LogP contribution in [0.1, 0.15) is 30.6 Å². The lowest BCUT2D eigenvalue weighted by molar-refractivity contribution is -0.123. The Hall–Kier alpha value is -1.88. The van der Waals surface area contributed by atoms with E-state index in [4.69, 9.17) is 4.74 Å². The molecule has 0 radical (unpaired) electrons. The van der Waals surface area contributed by atoms with E-state index in [1.54, 1.807) is 24.3 Å². The lowest BCUT2D eigenvalue weighted by Gasteiger charge is -2.12. The minimum Gasteiger partial charge on any atom is -0.484 e. The van der Waals surface area contributed by atoms with E-state index in [1.807, 2.05) is 20.9 Å². The summed E-state index contributed by atoms with van der Waals surface area (Å²) in [5, 5.41) is 5.79. The predicted molar refractivity (Wildman–Crippen MR) is 78.1 cm³/mol. The Morgan fingerprint density at radius 2 is 1.90 bits per heavy atom. The van der Waals surface area contributed by atoms with Crippen molar-refractivity contribution in [1.82, 2.24) is 10.6 Å². The fourth-order valence-corrected chi connectivity index (χ4v) is 1.51. The van der Waals surface area contributed by atoms with Crippen LogP contribution in [0, 0.1) is 0 Å². The van der Waals surface area contributed by atoms with Gasteiger partial charge < -0.3 is 15.4 Å². The third kappa shape index (κ3) is 5.40. The molecule has 0 spiro atoms. The van der Waals surface area contributed by atoms with E-state index in [2.05, 4.69) is 10.6 Å². The van der Waals surface area contributed by atoms with E-state index in [0.29, 0.717) is 24.3 Å². The van der Waals surface area contributed by atoms with Gasteiger partial charge in [-0.1, -0.05) is 6.92 Å². The summed E-state index contributed by atoms with van der Waals surface area (Å²) in [5.74, 6) is 0.505. The van der Waals surface area contributed by atoms with Crippen molar-refractivity contribution in [3.8, 4) is 5.75 Å². The van der Waals surface area contributed by atoms with Crippen molar-refractivity contribution < 1.29 is 14.3 Å². The van der Waals surface area contributed by atoms with Crippen LogP contribution in [-0.2, 0) is 4.79 Å². The molecule has 1 aromatic rings. The minimum atomic E-state index is -0.166. The highest BCUT2D eigenvalue weighted by molar-refractivity contribution is 5.95. The number of carbonyl (C=O) groups is 2. The van der Waals surface area contributed by atoms with Gasteiger partial charge in [0.2, 0.25) is 0 Å². The Balaban J connectivity index is 2.38. The zero-order valence-corrected chi connectivity index (χ0v) is 12.2. The fourth-order valence-electron chi connectivity index (χ4n) is 1.51. The molecule has 0 saturated heterocycles. The smallest absolute Gasteiger partial charge is 0.257 e. The van der Waals surface area contributed by atoms with Gasteiger partial charge in [-0.15, -0.1) is 0 Å². The Morgan fingerprint density at radius 3 is 2.45 bits per heavy atom. The van der Waals surface area contributed by atoms with E-state index in [0.717, 1.165) is 0 Å². The van der Waals surface area contributed by atoms with E-state index < -0.39 is 0 Å². The van der Waals surface area contributed by atoms with Crippen molar-refractivity contribution >= 4 is 11.7 Å². The third-order valence-corrected chi connectivity index (χ3v) is 2.97. The normalized spacial score (nSPS) is 11.8. The second kappa shape index (κ2) is 8.32. The highest BCUT2D eigenvalue weighted by Crippen LogP contribution is 2.13. The van der Waals surface area contributed by atoms with Crippen molar-refractivity contribution in [2.45, 2.75) is 26.3 Å². The van der Waals surface area contributed by atoms with Crippen LogP contribution < -0.4 is 15.4 Å². The summed E-state index contributed by atoms with van der Waals surface area (Å²) in [5.41, 5.74) is 0.659. The Labute approximate surface area is 119 Å². The first kappa shape index (κ1) is 16.2. The summed E-state index contributed by atoms with van der Waals surface area (Å²) in [6, 6.07) is 7.04. The lowest BCUT2D eigenvalue weighted by Crippen LogP contribution is -2.39. The number of hydrogen-bond acceptors (Lipinski definition) is 4. The molecular formula is C15H22N2O3. The van der Waals surface area contributed by atoms with Gasteiger partial charge in [0.15, 0.2) is 12.4 Å². The van der Waals surface area contributed by atoms with Crippen molar-refractivity contribution in [3.63, 3.8) is 0 Å². The zero-order valence-electron chi connectivity index (χ0n) is 12.2. The first-order chi connectivity index (χ1) is 9.56. The number of benzene rings is 1. The van der Waals surface area contributed by atoms with E-state index in [-0.39, 0.29) is 24.3 Å². The molecule has 0 heterocycles. The standard InChI is InChI=1S/C15H22N2O3/c1-4-14(18)12-5-7-13(8-6-12)20-10-15(19)17-9-11(2)16-3/h5-8,11,16H,4,9-10H2,1-3H3,(H,17,19). The molecule has 1 aromatic carbocycles. The second-order valence-corrected chi connectivity index (χ2v) is 4.58. The first-order valence-corrected chi connectivity index (χ1v) is 6.76. The molecule has 1 amide bonds. The predicted octanol–water partition coefficient (Wildman–Crippen LogP) is 1.38. The molecule has 20 heavy (non-hydrogen) atoms. The summed E-state index contributed by atoms with van der Waals surface area (Å²) in [7, 11) is 1.84. The number of amides is 1. The molecule has 110 valence electrons. The molecule has 0 aromatic heterocycles. The zero-order chi connectivity index (χ0) is 15.0. The number of Topliss-reactive ketones (excluding diaryl/α,β-unsaturated/α-hetero) is 1. The van der Waals surface area contributed by atoms with Gasteiger partial charge in [-0.2, -0.15) is 0 Å². The van der Waals surface area contributed by atoms with Crippen molar-refractivity contribution in [3.05, 3.63) is 29.8 Å². The largest absolute Gasteiger partial charge is 0.484 e. The Bertz CT molecular complexity index is 443. The molecule has 5 heteroatoms. The fraction of sp³-hybridized carbons (Fsp3) is 0.467. The van der Waals surface area contributed by atoms with Gasteiger partial charge in [0, 0.05) is 24.6 Å². The molecule has 0 aliphatic heterocycles. The number of hydrogen-bond donors (Lipinski definition) is 2. The van der Waals surface area contributed by atoms with E-state index in [9.17, 15) is 9.59 Å². The summed E-state index contributed by atoms with van der Waals surface area (Å²) in [4.78, 5) is 23.0. The second-order valence-electron chi connectivity index (χ2n) is 4.58. The van der Waals surface area contributed by atoms with Crippen LogP contribution in [0.25, 0.3) is 0 Å². The van der Waals surface area contributed by atoms with Crippen LogP contribution in [0.15, 0.2) is 24.3 Å². The van der Waals surface area contributed by atoms with E-state index >= 15 is 0 Å². The molecule has 0 saturated carbocycles. The maximum Gasteiger partial charge on any atom is 0.257 e. The first-order valence-electron chi connectivity index (χ1n) is 6.76. The van der Waals surface area contributed by atoms with Gasteiger partial charge >= 0.3 is 0 Å². The molecular weight excluding hydrogens is 256 g/mol. The number of nitrogens with one attached hydrogen (secondary N) is 2. The van der Waals surface area contributed by atoms with Crippen molar-refractivity contribution in [1.29, 1.82) is 0 Å². The molecule has 0 fully saturated rings. The van der Waals surface area contributed by atoms with Crippen LogP contribution >= 0.6 is 0 Å². The van der Waals surface area contributed by atoms with Crippen LogP contribution in [0.4, 0.5) is 0 Å². The molecule has 1 atom stereocenters. The molecule has 0 aliphatic rings. The summed E-state index contributed by atoms with van der Waals surface area (Å²) < 4.78 is 5.36. The third-order valence-electron chi connectivity index (χ3n) is 2.97. The van der Waals surface area contributed by atoms with Gasteiger partial charge in [0.05, 0.1) is 0 Å². The summed E-state index contributed by atoms with van der Waals surface area (Å²) in [6.45, 7) is 4.33. The molecule has 0 bridgehead atoms. The SMILES string of the molecule is CCC(=O)c1ccc(OCC(=O)NCC(C)NC)cc1. The van der Waals surface area contributed by atoms with Crippen LogP contribution in [-0.4, -0.2) is 37.9 Å². The number of likely N-dealkylation sites (N-methyl/N-ethyl adjacent to an activating group) is 1. The quantitative estimate of drug-likeness (QED) is 0.705. The van der Waals surface area contributed by atoms with Gasteiger partial charge in [0.1, 0.15) is 5.75 Å². The molecule has 1 unspecified atom stereocenters. The average Bonchev–Trinajstić information content (AvgIpc) is 2.50. The van der Waals surface area contributed by atoms with Gasteiger partial charge in [-0.25, -0.2) is 0 Å². The van der Waals surface area contributed by atoms with Crippen LogP contribution in [0.2, 0.25) is 0 Å². The van der Waals surface area contributed by atoms with Crippen molar-refractivity contribution in [2.75, 3.05) is 20.2 Å². The summed E-state index contributed by atoms with van der Waals surface area (Å²) in [6.07, 6.45) is 0.478.